The van der Waals surface area contributed by atoms with Gasteiger partial charge in [0, 0.05) is 35.5 Å². The maximum atomic E-state index is 13.1. The molecule has 7 nitrogen and oxygen atoms in total. The Kier molecular flexibility index (Phi) is 8.69. The van der Waals surface area contributed by atoms with Crippen LogP contribution in [0.2, 0.25) is 18.1 Å². The van der Waals surface area contributed by atoms with Crippen LogP contribution in [0.3, 0.4) is 0 Å². The van der Waals surface area contributed by atoms with Crippen LogP contribution < -0.4 is 10.1 Å². The number of anilines is 1. The lowest BCUT2D eigenvalue weighted by Crippen LogP contribution is -2.41. The van der Waals surface area contributed by atoms with Gasteiger partial charge in [0.1, 0.15) is 12.3 Å². The van der Waals surface area contributed by atoms with Crippen molar-refractivity contribution in [1.82, 2.24) is 9.97 Å². The van der Waals surface area contributed by atoms with E-state index in [9.17, 15) is 18.0 Å². The smallest absolute Gasteiger partial charge is 0.433 e. The number of pyridine rings is 2. The van der Waals surface area contributed by atoms with Crippen molar-refractivity contribution in [2.24, 2.45) is 5.92 Å². The highest BCUT2D eigenvalue weighted by atomic mass is 28.4. The maximum Gasteiger partial charge on any atom is 0.433 e. The Morgan fingerprint density at radius 1 is 1.11 bits per heavy atom. The van der Waals surface area contributed by atoms with Crippen molar-refractivity contribution in [3.63, 3.8) is 0 Å². The predicted octanol–water partition coefficient (Wildman–Crippen LogP) is 7.80. The topological polar surface area (TPSA) is 82.6 Å². The lowest BCUT2D eigenvalue weighted by molar-refractivity contribution is -0.141. The Morgan fingerprint density at radius 2 is 1.89 bits per heavy atom. The molecule has 2 atom stereocenters. The molecule has 0 spiro atoms. The lowest BCUT2D eigenvalue weighted by atomic mass is 9.90. The van der Waals surface area contributed by atoms with Gasteiger partial charge in [0.25, 0.3) is 5.91 Å². The summed E-state index contributed by atoms with van der Waals surface area (Å²) in [5.74, 6) is 0.270. The van der Waals surface area contributed by atoms with E-state index in [1.165, 1.54) is 6.07 Å². The Morgan fingerprint density at radius 3 is 2.59 bits per heavy atom. The third-order valence-electron chi connectivity index (χ3n) is 9.28. The monoisotopic (exact) mass is 627 g/mol. The van der Waals surface area contributed by atoms with Crippen LogP contribution in [0.4, 0.5) is 18.9 Å². The Balaban J connectivity index is 1.41. The number of nitrogens with zero attached hydrogens (tertiary/aromatic N) is 2. The SMILES string of the molecule is Cc1ccc(NC(=O)c2ccnc(C(F)(F)F)c2)cc1-c1cc(OCCO[Si](C)(C)C(C)(C)C)nc([C@@]23CCOCC2C3)c1. The molecule has 3 heterocycles. The molecule has 44 heavy (non-hydrogen) atoms. The van der Waals surface area contributed by atoms with Gasteiger partial charge < -0.3 is 19.2 Å². The van der Waals surface area contributed by atoms with Crippen LogP contribution in [0.1, 0.15) is 60.9 Å². The van der Waals surface area contributed by atoms with Gasteiger partial charge in [-0.2, -0.15) is 13.2 Å². The molecule has 2 aliphatic rings. The zero-order valence-electron chi connectivity index (χ0n) is 26.1. The summed E-state index contributed by atoms with van der Waals surface area (Å²) in [6.07, 6.45) is -1.76. The van der Waals surface area contributed by atoms with Gasteiger partial charge in [-0.25, -0.2) is 4.98 Å². The lowest BCUT2D eigenvalue weighted by Gasteiger charge is -2.36. The molecule has 1 saturated heterocycles. The van der Waals surface area contributed by atoms with E-state index >= 15 is 0 Å². The molecule has 2 aromatic heterocycles. The molecule has 1 aromatic carbocycles. The number of rotatable bonds is 9. The predicted molar refractivity (Wildman–Crippen MR) is 165 cm³/mol. The van der Waals surface area contributed by atoms with Crippen LogP contribution in [0, 0.1) is 12.8 Å². The summed E-state index contributed by atoms with van der Waals surface area (Å²) in [6.45, 7) is 15.2. The molecule has 2 fully saturated rings. The van der Waals surface area contributed by atoms with Crippen molar-refractivity contribution in [2.75, 3.05) is 31.7 Å². The first kappa shape index (κ1) is 32.1. The minimum atomic E-state index is -4.65. The zero-order valence-corrected chi connectivity index (χ0v) is 27.1. The van der Waals surface area contributed by atoms with Crippen molar-refractivity contribution in [1.29, 1.82) is 0 Å². The molecule has 1 saturated carbocycles. The molecule has 1 N–H and O–H groups in total. The summed E-state index contributed by atoms with van der Waals surface area (Å²) in [4.78, 5) is 21.2. The van der Waals surface area contributed by atoms with Crippen LogP contribution in [0.15, 0.2) is 48.7 Å². The van der Waals surface area contributed by atoms with E-state index in [1.54, 1.807) is 6.07 Å². The van der Waals surface area contributed by atoms with Crippen LogP contribution >= 0.6 is 0 Å². The number of ether oxygens (including phenoxy) is 2. The van der Waals surface area contributed by atoms with Gasteiger partial charge >= 0.3 is 6.18 Å². The quantitative estimate of drug-likeness (QED) is 0.193. The van der Waals surface area contributed by atoms with Crippen molar-refractivity contribution >= 4 is 19.9 Å². The molecule has 3 aromatic rings. The van der Waals surface area contributed by atoms with Gasteiger partial charge in [0.15, 0.2) is 8.32 Å². The average Bonchev–Trinajstić information content (AvgIpc) is 3.72. The van der Waals surface area contributed by atoms with Crippen LogP contribution in [-0.4, -0.2) is 50.6 Å². The molecular weight excluding hydrogens is 587 g/mol. The number of nitrogens with one attached hydrogen (secondary N) is 1. The summed E-state index contributed by atoms with van der Waals surface area (Å²) >= 11 is 0. The number of fused-ring (bicyclic) bond motifs is 1. The van der Waals surface area contributed by atoms with Crippen LogP contribution in [0.25, 0.3) is 11.1 Å². The average molecular weight is 628 g/mol. The molecule has 1 aliphatic heterocycles. The number of alkyl halides is 3. The van der Waals surface area contributed by atoms with Crippen molar-refractivity contribution in [3.8, 4) is 17.0 Å². The highest BCUT2D eigenvalue weighted by Crippen LogP contribution is 2.58. The van der Waals surface area contributed by atoms with Crippen molar-refractivity contribution < 1.29 is 31.9 Å². The second-order valence-corrected chi connectivity index (χ2v) is 18.1. The molecule has 11 heteroatoms. The summed E-state index contributed by atoms with van der Waals surface area (Å²) in [6, 6.07) is 11.4. The van der Waals surface area contributed by atoms with E-state index in [1.807, 2.05) is 25.1 Å². The highest BCUT2D eigenvalue weighted by molar-refractivity contribution is 6.74. The maximum absolute atomic E-state index is 13.1. The third kappa shape index (κ3) is 6.84. The van der Waals surface area contributed by atoms with Crippen molar-refractivity contribution in [3.05, 3.63) is 71.2 Å². The fraction of sp³-hybridized carbons (Fsp3) is 0.485. The number of aromatic nitrogens is 2. The standard InChI is InChI=1S/C33H40F3N3O4Si/c1-21-7-8-25(38-30(40)22-9-11-37-28(15-22)33(34,35)36)18-26(21)23-16-27(32-10-12-41-20-24(32)19-32)39-29(17-23)42-13-14-43-44(5,6)31(2,3)4/h7-9,11,15-18,24H,10,12-14,19-20H2,1-6H3,(H,38,40)/t24?,32-/m1/s1. The second kappa shape index (κ2) is 11.9. The van der Waals surface area contributed by atoms with Gasteiger partial charge in [0.05, 0.1) is 18.9 Å². The molecular formula is C33H40F3N3O4Si. The Labute approximate surface area is 257 Å². The third-order valence-corrected chi connectivity index (χ3v) is 13.8. The number of hydrogen-bond acceptors (Lipinski definition) is 6. The largest absolute Gasteiger partial charge is 0.475 e. The Hall–Kier alpha value is -3.28. The molecule has 1 amide bonds. The number of aryl methyl sites for hydroxylation is 1. The minimum absolute atomic E-state index is 0.0404. The molecule has 0 bridgehead atoms. The van der Waals surface area contributed by atoms with E-state index in [0.717, 1.165) is 47.5 Å². The van der Waals surface area contributed by atoms with Gasteiger partial charge in [-0.05, 0) is 90.8 Å². The number of benzene rings is 1. The summed E-state index contributed by atoms with van der Waals surface area (Å²) in [5.41, 5.74) is 2.85. The summed E-state index contributed by atoms with van der Waals surface area (Å²) in [5, 5.41) is 2.84. The fourth-order valence-corrected chi connectivity index (χ4v) is 6.44. The Bertz CT molecular complexity index is 1540. The molecule has 1 unspecified atom stereocenters. The second-order valence-electron chi connectivity index (χ2n) is 13.3. The fourth-order valence-electron chi connectivity index (χ4n) is 5.42. The first-order chi connectivity index (χ1) is 20.6. The van der Waals surface area contributed by atoms with E-state index in [4.69, 9.17) is 18.9 Å². The molecule has 0 radical (unpaired) electrons. The zero-order chi connectivity index (χ0) is 31.9. The number of hydrogen-bond donors (Lipinski definition) is 1. The number of amides is 1. The van der Waals surface area contributed by atoms with Gasteiger partial charge in [0.2, 0.25) is 5.88 Å². The molecule has 1 aliphatic carbocycles. The number of halogens is 3. The normalized spacial score (nSPS) is 20.2. The minimum Gasteiger partial charge on any atom is -0.475 e. The molecule has 5 rings (SSSR count). The van der Waals surface area contributed by atoms with E-state index in [0.29, 0.717) is 43.9 Å². The van der Waals surface area contributed by atoms with Gasteiger partial charge in [-0.15, -0.1) is 0 Å². The number of carbonyl (C=O) groups is 1. The molecule has 236 valence electrons. The summed E-state index contributed by atoms with van der Waals surface area (Å²) in [7, 11) is -1.92. The van der Waals surface area contributed by atoms with Gasteiger partial charge in [-0.1, -0.05) is 26.8 Å². The first-order valence-corrected chi connectivity index (χ1v) is 17.8. The number of carbonyl (C=O) groups excluding carboxylic acids is 1. The first-order valence-electron chi connectivity index (χ1n) is 14.9. The van der Waals surface area contributed by atoms with E-state index in [2.05, 4.69) is 50.2 Å². The van der Waals surface area contributed by atoms with Crippen LogP contribution in [-0.2, 0) is 20.8 Å². The van der Waals surface area contributed by atoms with E-state index < -0.39 is 26.1 Å². The van der Waals surface area contributed by atoms with Crippen LogP contribution in [0.5, 0.6) is 5.88 Å². The van der Waals surface area contributed by atoms with E-state index in [-0.39, 0.29) is 16.0 Å². The highest BCUT2D eigenvalue weighted by Gasteiger charge is 2.58. The summed E-state index contributed by atoms with van der Waals surface area (Å²) < 4.78 is 57.6. The van der Waals surface area contributed by atoms with Gasteiger partial charge in [-0.3, -0.25) is 9.78 Å². The van der Waals surface area contributed by atoms with Crippen molar-refractivity contribution in [2.45, 2.75) is 70.3 Å².